The topological polar surface area (TPSA) is 73.2 Å². The van der Waals surface area contributed by atoms with Gasteiger partial charge in [-0.15, -0.1) is 8.78 Å². The molecule has 0 aliphatic heterocycles. The fraction of sp³-hybridized carbons (Fsp3) is 0.105. The Balaban J connectivity index is 1.76. The number of carbonyl (C=O) groups is 1. The molecule has 3 rings (SSSR count). The van der Waals surface area contributed by atoms with Crippen LogP contribution in [-0.2, 0) is 7.05 Å². The Morgan fingerprint density at radius 2 is 1.86 bits per heavy atom. The van der Waals surface area contributed by atoms with Crippen molar-refractivity contribution in [1.82, 2.24) is 9.55 Å². The lowest BCUT2D eigenvalue weighted by Gasteiger charge is -2.11. The Hall–Kier alpha value is -3.26. The minimum Gasteiger partial charge on any atom is -0.420 e. The standard InChI is InChI=1S/C19H14ClF2N3O3/c1-25-7-6-12(9-17(25)26)13-8-14(11-23-10-13)18(27)24-15-2-4-16(5-3-15)28-19(20,21)22/h2-11H,1H3,(H,24,27). The van der Waals surface area contributed by atoms with Gasteiger partial charge in [0.1, 0.15) is 5.75 Å². The molecule has 144 valence electrons. The van der Waals surface area contributed by atoms with Gasteiger partial charge < -0.3 is 14.6 Å². The number of hydrogen-bond donors (Lipinski definition) is 1. The van der Waals surface area contributed by atoms with Gasteiger partial charge in [-0.1, -0.05) is 0 Å². The molecule has 0 aliphatic rings. The molecule has 2 heterocycles. The van der Waals surface area contributed by atoms with Crippen molar-refractivity contribution >= 4 is 23.2 Å². The number of amides is 1. The summed E-state index contributed by atoms with van der Waals surface area (Å²) < 4.78 is 30.9. The number of rotatable bonds is 5. The van der Waals surface area contributed by atoms with Crippen molar-refractivity contribution in [2.45, 2.75) is 5.57 Å². The molecule has 28 heavy (non-hydrogen) atoms. The van der Waals surface area contributed by atoms with Gasteiger partial charge in [-0.3, -0.25) is 14.6 Å². The lowest BCUT2D eigenvalue weighted by molar-refractivity contribution is -0.0964. The molecule has 6 nitrogen and oxygen atoms in total. The monoisotopic (exact) mass is 405 g/mol. The van der Waals surface area contributed by atoms with E-state index in [-0.39, 0.29) is 16.9 Å². The zero-order chi connectivity index (χ0) is 20.3. The highest BCUT2D eigenvalue weighted by Gasteiger charge is 2.27. The van der Waals surface area contributed by atoms with Crippen molar-refractivity contribution < 1.29 is 18.3 Å². The molecule has 9 heteroatoms. The molecule has 1 amide bonds. The molecule has 1 N–H and O–H groups in total. The average Bonchev–Trinajstić information content (AvgIpc) is 2.64. The highest BCUT2D eigenvalue weighted by molar-refractivity contribution is 6.20. The number of alkyl halides is 3. The number of pyridine rings is 2. The van der Waals surface area contributed by atoms with Gasteiger partial charge in [-0.25, -0.2) is 0 Å². The largest absolute Gasteiger partial charge is 0.487 e. The fourth-order valence-electron chi connectivity index (χ4n) is 2.39. The van der Waals surface area contributed by atoms with E-state index >= 15 is 0 Å². The fourth-order valence-corrected chi connectivity index (χ4v) is 2.48. The molecule has 3 aromatic rings. The third-order valence-corrected chi connectivity index (χ3v) is 3.86. The van der Waals surface area contributed by atoms with E-state index in [1.807, 2.05) is 0 Å². The van der Waals surface area contributed by atoms with Gasteiger partial charge in [0.05, 0.1) is 5.56 Å². The van der Waals surface area contributed by atoms with Crippen molar-refractivity contribution in [2.75, 3.05) is 5.32 Å². The van der Waals surface area contributed by atoms with Crippen molar-refractivity contribution in [3.63, 3.8) is 0 Å². The number of nitrogens with one attached hydrogen (secondary N) is 1. The number of benzene rings is 1. The number of halogens is 3. The van der Waals surface area contributed by atoms with Crippen LogP contribution in [0.5, 0.6) is 5.75 Å². The lowest BCUT2D eigenvalue weighted by Crippen LogP contribution is -2.16. The van der Waals surface area contributed by atoms with Gasteiger partial charge in [0.2, 0.25) is 0 Å². The van der Waals surface area contributed by atoms with E-state index in [4.69, 9.17) is 11.6 Å². The van der Waals surface area contributed by atoms with Crippen LogP contribution < -0.4 is 15.6 Å². The predicted molar refractivity (Wildman–Crippen MR) is 101 cm³/mol. The highest BCUT2D eigenvalue weighted by Crippen LogP contribution is 2.26. The van der Waals surface area contributed by atoms with Gasteiger partial charge >= 0.3 is 5.57 Å². The Kier molecular flexibility index (Phi) is 5.41. The Morgan fingerprint density at radius 1 is 1.14 bits per heavy atom. The Labute approximate surface area is 163 Å². The number of anilines is 1. The third kappa shape index (κ3) is 4.92. The second-order valence-electron chi connectivity index (χ2n) is 5.85. The maximum absolute atomic E-state index is 12.6. The highest BCUT2D eigenvalue weighted by atomic mass is 35.5. The SMILES string of the molecule is Cn1ccc(-c2cncc(C(=O)Nc3ccc(OC(F)(F)Cl)cc3)c2)cc1=O. The summed E-state index contributed by atoms with van der Waals surface area (Å²) in [7, 11) is 1.64. The van der Waals surface area contributed by atoms with Gasteiger partial charge in [0.25, 0.3) is 11.5 Å². The molecule has 0 unspecified atom stereocenters. The number of ether oxygens (including phenoxy) is 1. The molecular weight excluding hydrogens is 392 g/mol. The van der Waals surface area contributed by atoms with Gasteiger partial charge in [-0.2, -0.15) is 0 Å². The van der Waals surface area contributed by atoms with Crippen LogP contribution in [0.25, 0.3) is 11.1 Å². The van der Waals surface area contributed by atoms with Crippen LogP contribution in [0.3, 0.4) is 0 Å². The summed E-state index contributed by atoms with van der Waals surface area (Å²) in [5.74, 6) is -0.596. The third-order valence-electron chi connectivity index (χ3n) is 3.78. The van der Waals surface area contributed by atoms with E-state index in [2.05, 4.69) is 15.0 Å². The maximum atomic E-state index is 12.6. The van der Waals surface area contributed by atoms with Crippen molar-refractivity contribution in [3.8, 4) is 16.9 Å². The summed E-state index contributed by atoms with van der Waals surface area (Å²) in [4.78, 5) is 28.3. The van der Waals surface area contributed by atoms with Crippen LogP contribution in [0.1, 0.15) is 10.4 Å². The van der Waals surface area contributed by atoms with E-state index in [0.29, 0.717) is 16.8 Å². The van der Waals surface area contributed by atoms with Gasteiger partial charge in [0, 0.05) is 54.6 Å². The smallest absolute Gasteiger partial charge is 0.420 e. The van der Waals surface area contributed by atoms with Crippen molar-refractivity contribution in [2.24, 2.45) is 7.05 Å². The average molecular weight is 406 g/mol. The van der Waals surface area contributed by atoms with E-state index in [0.717, 1.165) is 0 Å². The van der Waals surface area contributed by atoms with Crippen LogP contribution in [0, 0.1) is 0 Å². The molecule has 0 radical (unpaired) electrons. The quantitative estimate of drug-likeness (QED) is 0.654. The molecule has 0 bridgehead atoms. The second kappa shape index (κ2) is 7.77. The summed E-state index contributed by atoms with van der Waals surface area (Å²) in [6.07, 6.45) is 4.55. The summed E-state index contributed by atoms with van der Waals surface area (Å²) in [5, 5.41) is 2.63. The molecule has 0 spiro atoms. The van der Waals surface area contributed by atoms with Crippen LogP contribution in [0.2, 0.25) is 0 Å². The molecule has 0 saturated carbocycles. The molecule has 0 aliphatic carbocycles. The minimum atomic E-state index is -3.81. The second-order valence-corrected chi connectivity index (χ2v) is 6.29. The Bertz CT molecular complexity index is 1060. The first-order valence-corrected chi connectivity index (χ1v) is 8.38. The van der Waals surface area contributed by atoms with Crippen LogP contribution in [-0.4, -0.2) is 21.0 Å². The first-order valence-electron chi connectivity index (χ1n) is 8.00. The summed E-state index contributed by atoms with van der Waals surface area (Å²) >= 11 is 4.70. The van der Waals surface area contributed by atoms with Gasteiger partial charge in [-0.05, 0) is 42.0 Å². The Morgan fingerprint density at radius 3 is 2.50 bits per heavy atom. The first-order chi connectivity index (χ1) is 13.2. The van der Waals surface area contributed by atoms with E-state index < -0.39 is 11.5 Å². The minimum absolute atomic E-state index is 0.146. The predicted octanol–water partition coefficient (Wildman–Crippen LogP) is 3.87. The number of hydrogen-bond acceptors (Lipinski definition) is 4. The van der Waals surface area contributed by atoms with E-state index in [1.165, 1.54) is 41.1 Å². The summed E-state index contributed by atoms with van der Waals surface area (Å²) in [6.45, 7) is 0. The summed E-state index contributed by atoms with van der Waals surface area (Å²) in [6, 6.07) is 10.1. The number of nitrogens with zero attached hydrogens (tertiary/aromatic N) is 2. The van der Waals surface area contributed by atoms with Crippen LogP contribution >= 0.6 is 11.6 Å². The zero-order valence-corrected chi connectivity index (χ0v) is 15.3. The molecule has 0 saturated heterocycles. The van der Waals surface area contributed by atoms with Gasteiger partial charge in [0.15, 0.2) is 0 Å². The lowest BCUT2D eigenvalue weighted by atomic mass is 10.1. The van der Waals surface area contributed by atoms with Crippen LogP contribution in [0.15, 0.2) is 65.8 Å². The maximum Gasteiger partial charge on any atom is 0.487 e. The number of carbonyl (C=O) groups excluding carboxylic acids is 1. The van der Waals surface area contributed by atoms with E-state index in [1.54, 1.807) is 31.6 Å². The van der Waals surface area contributed by atoms with E-state index in [9.17, 15) is 18.4 Å². The van der Waals surface area contributed by atoms with Crippen LogP contribution in [0.4, 0.5) is 14.5 Å². The number of aryl methyl sites for hydroxylation is 1. The molecule has 0 fully saturated rings. The molecule has 1 aromatic carbocycles. The molecule has 0 atom stereocenters. The normalized spacial score (nSPS) is 11.1. The number of aromatic nitrogens is 2. The summed E-state index contributed by atoms with van der Waals surface area (Å²) in [5.41, 5.74) is -2.11. The molecular formula is C19H14ClF2N3O3. The zero-order valence-electron chi connectivity index (χ0n) is 14.5. The van der Waals surface area contributed by atoms with Crippen molar-refractivity contribution in [1.29, 1.82) is 0 Å². The first kappa shape index (κ1) is 19.5. The van der Waals surface area contributed by atoms with Crippen molar-refractivity contribution in [3.05, 3.63) is 77.0 Å². The molecule has 2 aromatic heterocycles.